The number of hydrogen-bond donors (Lipinski definition) is 1. The lowest BCUT2D eigenvalue weighted by Gasteiger charge is -2.05. The largest absolute Gasteiger partial charge is 0.384 e. The van der Waals surface area contributed by atoms with Crippen LogP contribution in [0.25, 0.3) is 0 Å². The molecule has 0 aliphatic carbocycles. The molecule has 4 heteroatoms. The molecular weight excluding hydrogens is 214 g/mol. The zero-order valence-electron chi connectivity index (χ0n) is 10.2. The predicted octanol–water partition coefficient (Wildman–Crippen LogP) is 1.97. The molecule has 2 aromatic rings. The van der Waals surface area contributed by atoms with E-state index in [-0.39, 0.29) is 0 Å². The normalized spacial score (nSPS) is 10.7. The Balaban J connectivity index is 2.11. The molecule has 0 spiro atoms. The lowest BCUT2D eigenvalue weighted by Crippen LogP contribution is -2.05. The van der Waals surface area contributed by atoms with E-state index in [0.717, 1.165) is 5.69 Å². The SMILES string of the molecule is COCc1ccc(Cn2nc(C)cc2N)cc1. The molecule has 1 aromatic carbocycles. The van der Waals surface area contributed by atoms with E-state index in [1.54, 1.807) is 11.8 Å². The molecule has 4 nitrogen and oxygen atoms in total. The number of aromatic nitrogens is 2. The minimum Gasteiger partial charge on any atom is -0.384 e. The van der Waals surface area contributed by atoms with Crippen molar-refractivity contribution in [2.24, 2.45) is 0 Å². The van der Waals surface area contributed by atoms with Crippen molar-refractivity contribution in [3.05, 3.63) is 47.2 Å². The fourth-order valence-corrected chi connectivity index (χ4v) is 1.77. The van der Waals surface area contributed by atoms with Gasteiger partial charge in [0.25, 0.3) is 0 Å². The maximum Gasteiger partial charge on any atom is 0.122 e. The van der Waals surface area contributed by atoms with Crippen LogP contribution in [0, 0.1) is 6.92 Å². The molecule has 0 aliphatic rings. The Labute approximate surface area is 101 Å². The topological polar surface area (TPSA) is 53.1 Å². The van der Waals surface area contributed by atoms with E-state index in [4.69, 9.17) is 10.5 Å². The Morgan fingerprint density at radius 2 is 1.88 bits per heavy atom. The third-order valence-electron chi connectivity index (χ3n) is 2.60. The van der Waals surface area contributed by atoms with E-state index >= 15 is 0 Å². The molecule has 0 saturated carbocycles. The molecular formula is C13H17N3O. The maximum atomic E-state index is 5.85. The summed E-state index contributed by atoms with van der Waals surface area (Å²) in [5.41, 5.74) is 9.14. The number of hydrogen-bond acceptors (Lipinski definition) is 3. The summed E-state index contributed by atoms with van der Waals surface area (Å²) < 4.78 is 6.88. The summed E-state index contributed by atoms with van der Waals surface area (Å²) in [5, 5.41) is 4.33. The van der Waals surface area contributed by atoms with Gasteiger partial charge in [-0.2, -0.15) is 5.10 Å². The standard InChI is InChI=1S/C13H17N3O/c1-10-7-13(14)16(15-10)8-11-3-5-12(6-4-11)9-17-2/h3-7H,8-9,14H2,1-2H3. The van der Waals surface area contributed by atoms with E-state index in [2.05, 4.69) is 29.4 Å². The Morgan fingerprint density at radius 3 is 2.41 bits per heavy atom. The van der Waals surface area contributed by atoms with E-state index in [1.807, 2.05) is 13.0 Å². The van der Waals surface area contributed by atoms with Gasteiger partial charge in [-0.3, -0.25) is 0 Å². The molecule has 0 saturated heterocycles. The smallest absolute Gasteiger partial charge is 0.122 e. The van der Waals surface area contributed by atoms with Gasteiger partial charge >= 0.3 is 0 Å². The summed E-state index contributed by atoms with van der Waals surface area (Å²) in [7, 11) is 1.70. The van der Waals surface area contributed by atoms with Crippen LogP contribution in [0.4, 0.5) is 5.82 Å². The molecule has 17 heavy (non-hydrogen) atoms. The van der Waals surface area contributed by atoms with Crippen LogP contribution in [0.15, 0.2) is 30.3 Å². The number of anilines is 1. The lowest BCUT2D eigenvalue weighted by molar-refractivity contribution is 0.185. The van der Waals surface area contributed by atoms with E-state index < -0.39 is 0 Å². The van der Waals surface area contributed by atoms with Gasteiger partial charge in [0.05, 0.1) is 18.8 Å². The van der Waals surface area contributed by atoms with Crippen molar-refractivity contribution in [1.82, 2.24) is 9.78 Å². The van der Waals surface area contributed by atoms with Gasteiger partial charge in [-0.25, -0.2) is 4.68 Å². The summed E-state index contributed by atoms with van der Waals surface area (Å²) >= 11 is 0. The first-order valence-electron chi connectivity index (χ1n) is 5.55. The number of aryl methyl sites for hydroxylation is 1. The third-order valence-corrected chi connectivity index (χ3v) is 2.60. The van der Waals surface area contributed by atoms with E-state index in [0.29, 0.717) is 19.0 Å². The average molecular weight is 231 g/mol. The number of rotatable bonds is 4. The molecule has 0 fully saturated rings. The van der Waals surface area contributed by atoms with Crippen LogP contribution >= 0.6 is 0 Å². The van der Waals surface area contributed by atoms with Gasteiger partial charge in [0.2, 0.25) is 0 Å². The van der Waals surface area contributed by atoms with Gasteiger partial charge < -0.3 is 10.5 Å². The maximum absolute atomic E-state index is 5.85. The second kappa shape index (κ2) is 5.01. The molecule has 0 amide bonds. The van der Waals surface area contributed by atoms with Gasteiger partial charge in [-0.05, 0) is 18.1 Å². The van der Waals surface area contributed by atoms with Gasteiger partial charge in [-0.1, -0.05) is 24.3 Å². The number of benzene rings is 1. The van der Waals surface area contributed by atoms with Crippen molar-refractivity contribution < 1.29 is 4.74 Å². The summed E-state index contributed by atoms with van der Waals surface area (Å²) in [6, 6.07) is 10.1. The summed E-state index contributed by atoms with van der Waals surface area (Å²) in [6.45, 7) is 3.28. The zero-order chi connectivity index (χ0) is 12.3. The highest BCUT2D eigenvalue weighted by molar-refractivity contribution is 5.32. The molecule has 1 aromatic heterocycles. The molecule has 2 N–H and O–H groups in total. The van der Waals surface area contributed by atoms with Crippen LogP contribution in [0.2, 0.25) is 0 Å². The van der Waals surface area contributed by atoms with Crippen molar-refractivity contribution in [3.8, 4) is 0 Å². The number of nitrogens with two attached hydrogens (primary N) is 1. The van der Waals surface area contributed by atoms with Crippen molar-refractivity contribution in [2.75, 3.05) is 12.8 Å². The monoisotopic (exact) mass is 231 g/mol. The van der Waals surface area contributed by atoms with Crippen molar-refractivity contribution >= 4 is 5.82 Å². The summed E-state index contributed by atoms with van der Waals surface area (Å²) in [6.07, 6.45) is 0. The number of nitrogens with zero attached hydrogens (tertiary/aromatic N) is 2. The Kier molecular flexibility index (Phi) is 3.44. The molecule has 0 aliphatic heterocycles. The fourth-order valence-electron chi connectivity index (χ4n) is 1.77. The number of ether oxygens (including phenoxy) is 1. The van der Waals surface area contributed by atoms with Gasteiger partial charge in [-0.15, -0.1) is 0 Å². The Morgan fingerprint density at radius 1 is 1.24 bits per heavy atom. The molecule has 2 rings (SSSR count). The lowest BCUT2D eigenvalue weighted by atomic mass is 10.1. The van der Waals surface area contributed by atoms with Gasteiger partial charge in [0.1, 0.15) is 5.82 Å². The van der Waals surface area contributed by atoms with Crippen molar-refractivity contribution in [2.45, 2.75) is 20.1 Å². The van der Waals surface area contributed by atoms with Crippen molar-refractivity contribution in [1.29, 1.82) is 0 Å². The van der Waals surface area contributed by atoms with Crippen LogP contribution in [0.5, 0.6) is 0 Å². The van der Waals surface area contributed by atoms with Crippen LogP contribution in [-0.2, 0) is 17.9 Å². The second-order valence-electron chi connectivity index (χ2n) is 4.12. The molecule has 1 heterocycles. The van der Waals surface area contributed by atoms with Crippen molar-refractivity contribution in [3.63, 3.8) is 0 Å². The quantitative estimate of drug-likeness (QED) is 0.875. The van der Waals surface area contributed by atoms with Gasteiger partial charge in [0, 0.05) is 13.2 Å². The highest BCUT2D eigenvalue weighted by Crippen LogP contribution is 2.11. The molecule has 90 valence electrons. The third kappa shape index (κ3) is 2.85. The van der Waals surface area contributed by atoms with Crippen LogP contribution in [0.1, 0.15) is 16.8 Å². The summed E-state index contributed by atoms with van der Waals surface area (Å²) in [4.78, 5) is 0. The van der Waals surface area contributed by atoms with Gasteiger partial charge in [0.15, 0.2) is 0 Å². The minimum atomic E-state index is 0.642. The molecule has 0 radical (unpaired) electrons. The molecule has 0 atom stereocenters. The van der Waals surface area contributed by atoms with Crippen LogP contribution < -0.4 is 5.73 Å². The fraction of sp³-hybridized carbons (Fsp3) is 0.308. The first-order chi connectivity index (χ1) is 8.19. The van der Waals surface area contributed by atoms with E-state index in [9.17, 15) is 0 Å². The molecule has 0 bridgehead atoms. The highest BCUT2D eigenvalue weighted by Gasteiger charge is 2.02. The number of methoxy groups -OCH3 is 1. The average Bonchev–Trinajstić information content (AvgIpc) is 2.61. The predicted molar refractivity (Wildman–Crippen MR) is 67.6 cm³/mol. The Hall–Kier alpha value is -1.81. The highest BCUT2D eigenvalue weighted by atomic mass is 16.5. The second-order valence-corrected chi connectivity index (χ2v) is 4.12. The van der Waals surface area contributed by atoms with Crippen LogP contribution in [-0.4, -0.2) is 16.9 Å². The minimum absolute atomic E-state index is 0.642. The van der Waals surface area contributed by atoms with Crippen LogP contribution in [0.3, 0.4) is 0 Å². The molecule has 0 unspecified atom stereocenters. The number of nitrogen functional groups attached to an aromatic ring is 1. The zero-order valence-corrected chi connectivity index (χ0v) is 10.2. The first-order valence-corrected chi connectivity index (χ1v) is 5.55. The van der Waals surface area contributed by atoms with E-state index in [1.165, 1.54) is 11.1 Å². The first kappa shape index (κ1) is 11.7. The summed E-state index contributed by atoms with van der Waals surface area (Å²) in [5.74, 6) is 0.698. The Bertz CT molecular complexity index is 488.